The van der Waals surface area contributed by atoms with Crippen LogP contribution in [0, 0.1) is 15.4 Å². The number of halogens is 1. The van der Waals surface area contributed by atoms with Gasteiger partial charge in [-0.25, -0.2) is 0 Å². The number of anilines is 1. The Morgan fingerprint density at radius 3 is 2.46 bits per heavy atom. The maximum atomic E-state index is 11.3. The first-order chi connectivity index (χ1) is 12.2. The number of likely N-dealkylation sites (tertiary alicyclic amines) is 1. The molecule has 4 nitrogen and oxygen atoms in total. The Morgan fingerprint density at radius 1 is 1.27 bits per heavy atom. The summed E-state index contributed by atoms with van der Waals surface area (Å²) in [6.07, 6.45) is 1.27. The molecule has 1 fully saturated rings. The molecule has 1 aliphatic rings. The average Bonchev–Trinajstić information content (AvgIpc) is 2.54. The van der Waals surface area contributed by atoms with Crippen molar-refractivity contribution in [1.29, 1.82) is 0 Å². The van der Waals surface area contributed by atoms with Crippen molar-refractivity contribution < 1.29 is 4.79 Å². The van der Waals surface area contributed by atoms with Crippen LogP contribution >= 0.6 is 22.6 Å². The third kappa shape index (κ3) is 5.50. The summed E-state index contributed by atoms with van der Waals surface area (Å²) >= 11 is 2.33. The summed E-state index contributed by atoms with van der Waals surface area (Å²) in [4.78, 5) is 13.7. The van der Waals surface area contributed by atoms with Crippen LogP contribution in [0.2, 0.25) is 0 Å². The lowest BCUT2D eigenvalue weighted by Crippen LogP contribution is -2.37. The molecule has 3 atom stereocenters. The van der Waals surface area contributed by atoms with Crippen LogP contribution in [-0.4, -0.2) is 29.9 Å². The molecule has 1 unspecified atom stereocenters. The van der Waals surface area contributed by atoms with Gasteiger partial charge in [0.15, 0.2) is 0 Å². The Balaban J connectivity index is 2.23. The smallest absolute Gasteiger partial charge is 0.217 e. The molecule has 26 heavy (non-hydrogen) atoms. The topological polar surface area (TPSA) is 44.4 Å². The van der Waals surface area contributed by atoms with Gasteiger partial charge in [0.1, 0.15) is 0 Å². The van der Waals surface area contributed by atoms with Crippen molar-refractivity contribution in [2.75, 3.05) is 18.4 Å². The van der Waals surface area contributed by atoms with E-state index in [0.29, 0.717) is 11.8 Å². The Hall–Kier alpha value is -1.50. The Kier molecular flexibility index (Phi) is 7.15. The highest BCUT2D eigenvalue weighted by Gasteiger charge is 2.24. The summed E-state index contributed by atoms with van der Waals surface area (Å²) in [5.74, 6) is 1.28. The van der Waals surface area contributed by atoms with Crippen molar-refractivity contribution in [3.05, 3.63) is 46.2 Å². The molecule has 1 aliphatic heterocycles. The predicted octanol–water partition coefficient (Wildman–Crippen LogP) is 4.69. The maximum absolute atomic E-state index is 11.3. The minimum atomic E-state index is -0.150. The molecule has 0 aliphatic carbocycles. The number of nitrogens with one attached hydrogen (secondary N) is 2. The maximum Gasteiger partial charge on any atom is 0.217 e. The van der Waals surface area contributed by atoms with E-state index >= 15 is 0 Å². The first kappa shape index (κ1) is 20.8. The molecule has 0 bridgehead atoms. The van der Waals surface area contributed by atoms with E-state index < -0.39 is 0 Å². The van der Waals surface area contributed by atoms with Crippen molar-refractivity contribution in [3.63, 3.8) is 0 Å². The largest absolute Gasteiger partial charge is 0.371 e. The zero-order valence-electron chi connectivity index (χ0n) is 16.2. The van der Waals surface area contributed by atoms with Crippen LogP contribution in [0.5, 0.6) is 0 Å². The Labute approximate surface area is 171 Å². The second kappa shape index (κ2) is 8.93. The molecule has 0 aromatic heterocycles. The molecule has 1 aromatic rings. The van der Waals surface area contributed by atoms with Crippen molar-refractivity contribution in [2.24, 2.45) is 11.8 Å². The van der Waals surface area contributed by atoms with E-state index in [2.05, 4.69) is 83.3 Å². The third-order valence-corrected chi connectivity index (χ3v) is 5.45. The van der Waals surface area contributed by atoms with Crippen LogP contribution in [0.3, 0.4) is 0 Å². The highest BCUT2D eigenvalue weighted by atomic mass is 127. The van der Waals surface area contributed by atoms with Crippen LogP contribution in [-0.2, 0) is 4.79 Å². The normalized spacial score (nSPS) is 21.0. The highest BCUT2D eigenvalue weighted by molar-refractivity contribution is 14.1. The average molecular weight is 467 g/mol. The molecule has 142 valence electrons. The lowest BCUT2D eigenvalue weighted by Gasteiger charge is -2.38. The minimum absolute atomic E-state index is 0.0658. The van der Waals surface area contributed by atoms with Crippen LogP contribution in [0.25, 0.3) is 5.70 Å². The van der Waals surface area contributed by atoms with Gasteiger partial charge in [0, 0.05) is 46.2 Å². The Morgan fingerprint density at radius 2 is 1.88 bits per heavy atom. The zero-order valence-corrected chi connectivity index (χ0v) is 18.4. The van der Waals surface area contributed by atoms with Gasteiger partial charge in [-0.1, -0.05) is 27.0 Å². The van der Waals surface area contributed by atoms with Gasteiger partial charge in [-0.2, -0.15) is 0 Å². The summed E-state index contributed by atoms with van der Waals surface area (Å²) in [6, 6.07) is 6.14. The van der Waals surface area contributed by atoms with Crippen molar-refractivity contribution >= 4 is 39.9 Å². The van der Waals surface area contributed by atoms with E-state index in [9.17, 15) is 4.79 Å². The zero-order chi connectivity index (χ0) is 19.4. The molecule has 5 heteroatoms. The van der Waals surface area contributed by atoms with E-state index in [1.54, 1.807) is 0 Å². The summed E-state index contributed by atoms with van der Waals surface area (Å²) in [6.45, 7) is 18.6. The molecule has 0 radical (unpaired) electrons. The summed E-state index contributed by atoms with van der Waals surface area (Å²) in [7, 11) is 0. The number of amides is 1. The van der Waals surface area contributed by atoms with Crippen LogP contribution in [0.4, 0.5) is 5.69 Å². The summed E-state index contributed by atoms with van der Waals surface area (Å²) < 4.78 is 1.17. The van der Waals surface area contributed by atoms with E-state index in [1.165, 1.54) is 16.9 Å². The second-order valence-corrected chi connectivity index (χ2v) is 8.81. The first-order valence-corrected chi connectivity index (χ1v) is 10.2. The van der Waals surface area contributed by atoms with Crippen molar-refractivity contribution in [3.8, 4) is 0 Å². The molecule has 1 amide bonds. The molecular weight excluding hydrogens is 437 g/mol. The molecule has 0 spiro atoms. The third-order valence-electron chi connectivity index (χ3n) is 4.78. The summed E-state index contributed by atoms with van der Waals surface area (Å²) in [5, 5.41) is 6.25. The molecule has 1 saturated heterocycles. The lowest BCUT2D eigenvalue weighted by molar-refractivity contribution is -0.119. The number of carbonyl (C=O) groups is 1. The van der Waals surface area contributed by atoms with Crippen LogP contribution in [0.15, 0.2) is 37.1 Å². The molecule has 2 N–H and O–H groups in total. The lowest BCUT2D eigenvalue weighted by atomic mass is 9.91. The van der Waals surface area contributed by atoms with E-state index in [0.717, 1.165) is 35.7 Å². The molecule has 1 heterocycles. The number of nitrogens with zero attached hydrogens (tertiary/aromatic N) is 1. The molecule has 2 rings (SSSR count). The molecular formula is C21H30IN3O. The van der Waals surface area contributed by atoms with Crippen LogP contribution in [0.1, 0.15) is 39.7 Å². The standard InChI is InChI=1S/C21H30IN3O/c1-13-9-14(2)12-25(11-13)17(5)20-10-19(22)7-8-21(20)24-16(4)15(3)23-18(6)26/h7-8,10,13-15,24H,4-5,9,11-12H2,1-3,6H3,(H,23,26)/t13-,14+,15?. The van der Waals surface area contributed by atoms with Gasteiger partial charge in [-0.3, -0.25) is 4.79 Å². The van der Waals surface area contributed by atoms with Crippen molar-refractivity contribution in [2.45, 2.75) is 40.2 Å². The van der Waals surface area contributed by atoms with E-state index in [1.807, 2.05) is 6.92 Å². The van der Waals surface area contributed by atoms with Gasteiger partial charge in [0.25, 0.3) is 0 Å². The number of rotatable bonds is 6. The van der Waals surface area contributed by atoms with Gasteiger partial charge < -0.3 is 15.5 Å². The fraction of sp³-hybridized carbons (Fsp3) is 0.476. The number of piperidine rings is 1. The van der Waals surface area contributed by atoms with Crippen LogP contribution < -0.4 is 10.6 Å². The number of hydrogen-bond donors (Lipinski definition) is 2. The van der Waals surface area contributed by atoms with Gasteiger partial charge >= 0.3 is 0 Å². The van der Waals surface area contributed by atoms with E-state index in [-0.39, 0.29) is 11.9 Å². The number of hydrogen-bond acceptors (Lipinski definition) is 3. The fourth-order valence-electron chi connectivity index (χ4n) is 3.59. The van der Waals surface area contributed by atoms with Gasteiger partial charge in [0.05, 0.1) is 6.04 Å². The Bertz CT molecular complexity index is 690. The first-order valence-electron chi connectivity index (χ1n) is 9.14. The van der Waals surface area contributed by atoms with Gasteiger partial charge in [0.2, 0.25) is 5.91 Å². The monoisotopic (exact) mass is 467 g/mol. The van der Waals surface area contributed by atoms with E-state index in [4.69, 9.17) is 0 Å². The van der Waals surface area contributed by atoms with Crippen molar-refractivity contribution in [1.82, 2.24) is 10.2 Å². The second-order valence-electron chi connectivity index (χ2n) is 7.56. The van der Waals surface area contributed by atoms with Gasteiger partial charge in [-0.15, -0.1) is 0 Å². The quantitative estimate of drug-likeness (QED) is 0.597. The molecule has 1 aromatic carbocycles. The summed E-state index contributed by atoms with van der Waals surface area (Å²) in [5.41, 5.74) is 3.87. The van der Waals surface area contributed by atoms with Gasteiger partial charge in [-0.05, 0) is 66.0 Å². The minimum Gasteiger partial charge on any atom is -0.371 e. The fourth-order valence-corrected chi connectivity index (χ4v) is 4.08. The number of carbonyl (C=O) groups excluding carboxylic acids is 1. The number of benzene rings is 1. The predicted molar refractivity (Wildman–Crippen MR) is 119 cm³/mol. The molecule has 0 saturated carbocycles. The highest BCUT2D eigenvalue weighted by Crippen LogP contribution is 2.32. The SMILES string of the molecule is C=C(Nc1ccc(I)cc1C(=C)N1C[C@H](C)C[C@H](C)C1)C(C)NC(C)=O.